The van der Waals surface area contributed by atoms with Gasteiger partial charge < -0.3 is 14.8 Å². The molecule has 0 radical (unpaired) electrons. The van der Waals surface area contributed by atoms with E-state index in [4.69, 9.17) is 17.2 Å². The standard InChI is InChI=1S/C34H25N5O2S2/c40-39(41)26-14-18-29(19-15-26)43-28-16-12-25(13-17-28)38-33(32(36-34(38)42)30-8-3-4-20-35-30)31-9-5-21-37(31)27-11-10-23-6-1-2-7-24(23)22-27/h1-22,32-33H,(H,36,42)/t32-,33-/m1/s1. The van der Waals surface area contributed by atoms with Crippen molar-refractivity contribution in [3.05, 3.63) is 155 Å². The van der Waals surface area contributed by atoms with E-state index in [0.717, 1.165) is 32.6 Å². The number of nitrogens with one attached hydrogen (secondary N) is 1. The van der Waals surface area contributed by atoms with Gasteiger partial charge in [0.2, 0.25) is 0 Å². The van der Waals surface area contributed by atoms with Crippen LogP contribution < -0.4 is 10.2 Å². The summed E-state index contributed by atoms with van der Waals surface area (Å²) >= 11 is 7.52. The second kappa shape index (κ2) is 11.4. The van der Waals surface area contributed by atoms with Crippen LogP contribution >= 0.6 is 24.0 Å². The molecule has 1 saturated heterocycles. The number of hydrogen-bond acceptors (Lipinski definition) is 5. The van der Waals surface area contributed by atoms with E-state index < -0.39 is 0 Å². The van der Waals surface area contributed by atoms with Crippen molar-refractivity contribution in [3.63, 3.8) is 0 Å². The van der Waals surface area contributed by atoms with Crippen LogP contribution in [0.15, 0.2) is 144 Å². The van der Waals surface area contributed by atoms with E-state index in [1.54, 1.807) is 23.9 Å². The molecule has 0 bridgehead atoms. The average molecular weight is 600 g/mol. The molecule has 0 saturated carbocycles. The highest BCUT2D eigenvalue weighted by molar-refractivity contribution is 7.99. The third-order valence-corrected chi connectivity index (χ3v) is 8.92. The van der Waals surface area contributed by atoms with Crippen LogP contribution in [-0.4, -0.2) is 19.6 Å². The van der Waals surface area contributed by atoms with Crippen molar-refractivity contribution in [2.24, 2.45) is 0 Å². The number of aromatic nitrogens is 2. The second-order valence-corrected chi connectivity index (χ2v) is 11.7. The summed E-state index contributed by atoms with van der Waals surface area (Å²) in [5.74, 6) is 0. The average Bonchev–Trinajstić information content (AvgIpc) is 3.66. The zero-order chi connectivity index (χ0) is 29.3. The van der Waals surface area contributed by atoms with E-state index in [0.29, 0.717) is 5.11 Å². The lowest BCUT2D eigenvalue weighted by atomic mass is 10.0. The first-order valence-corrected chi connectivity index (χ1v) is 15.0. The Morgan fingerprint density at radius 3 is 2.21 bits per heavy atom. The minimum Gasteiger partial charge on any atom is -0.351 e. The topological polar surface area (TPSA) is 76.2 Å². The van der Waals surface area contributed by atoms with Gasteiger partial charge in [0.25, 0.3) is 5.69 Å². The SMILES string of the molecule is O=[N+]([O-])c1ccc(Sc2ccc(N3C(=S)N[C@H](c4ccccn4)[C@H]3c3cccn3-c3ccc4ccccc4c3)cc2)cc1. The van der Waals surface area contributed by atoms with Gasteiger partial charge in [-0.15, -0.1) is 0 Å². The third-order valence-electron chi connectivity index (χ3n) is 7.59. The van der Waals surface area contributed by atoms with Gasteiger partial charge in [-0.05, 0) is 95.8 Å². The highest BCUT2D eigenvalue weighted by Crippen LogP contribution is 2.43. The van der Waals surface area contributed by atoms with E-state index in [9.17, 15) is 10.1 Å². The third kappa shape index (κ3) is 5.24. The molecule has 7 nitrogen and oxygen atoms in total. The Morgan fingerprint density at radius 2 is 1.49 bits per heavy atom. The molecule has 1 aliphatic heterocycles. The number of thiocarbonyl (C=S) groups is 1. The molecule has 1 fully saturated rings. The zero-order valence-electron chi connectivity index (χ0n) is 22.8. The van der Waals surface area contributed by atoms with Crippen molar-refractivity contribution >= 4 is 51.2 Å². The summed E-state index contributed by atoms with van der Waals surface area (Å²) in [5, 5.41) is 17.6. The van der Waals surface area contributed by atoms with Crippen LogP contribution in [0.25, 0.3) is 16.5 Å². The minimum absolute atomic E-state index is 0.0803. The number of nitro groups is 1. The van der Waals surface area contributed by atoms with Crippen molar-refractivity contribution in [3.8, 4) is 5.69 Å². The second-order valence-electron chi connectivity index (χ2n) is 10.2. The van der Waals surface area contributed by atoms with Crippen LogP contribution in [-0.2, 0) is 0 Å². The maximum Gasteiger partial charge on any atom is 0.269 e. The van der Waals surface area contributed by atoms with E-state index >= 15 is 0 Å². The molecule has 0 aliphatic carbocycles. The summed E-state index contributed by atoms with van der Waals surface area (Å²) in [6, 6.07) is 39.6. The number of hydrogen-bond donors (Lipinski definition) is 1. The molecule has 1 aliphatic rings. The van der Waals surface area contributed by atoms with E-state index in [1.165, 1.54) is 22.9 Å². The van der Waals surface area contributed by atoms with E-state index in [1.807, 2.05) is 24.4 Å². The van der Waals surface area contributed by atoms with Crippen LogP contribution in [0.1, 0.15) is 23.5 Å². The molecule has 0 unspecified atom stereocenters. The molecule has 2 atom stereocenters. The molecule has 7 rings (SSSR count). The largest absolute Gasteiger partial charge is 0.351 e. The lowest BCUT2D eigenvalue weighted by Gasteiger charge is -2.29. The molecular formula is C34H25N5O2S2. The number of pyridine rings is 1. The summed E-state index contributed by atoms with van der Waals surface area (Å²) in [6.07, 6.45) is 3.91. The number of nitrogens with zero attached hydrogens (tertiary/aromatic N) is 4. The van der Waals surface area contributed by atoms with Gasteiger partial charge >= 0.3 is 0 Å². The summed E-state index contributed by atoms with van der Waals surface area (Å²) in [6.45, 7) is 0. The highest BCUT2D eigenvalue weighted by Gasteiger charge is 2.42. The minimum atomic E-state index is -0.388. The van der Waals surface area contributed by atoms with Crippen molar-refractivity contribution in [2.75, 3.05) is 4.90 Å². The predicted octanol–water partition coefficient (Wildman–Crippen LogP) is 8.26. The Kier molecular flexibility index (Phi) is 7.10. The number of rotatable bonds is 7. The molecule has 43 heavy (non-hydrogen) atoms. The normalized spacial score (nSPS) is 16.4. The zero-order valence-corrected chi connectivity index (χ0v) is 24.4. The molecule has 1 N–H and O–H groups in total. The monoisotopic (exact) mass is 599 g/mol. The fraction of sp³-hybridized carbons (Fsp3) is 0.0588. The fourth-order valence-corrected chi connectivity index (χ4v) is 6.74. The van der Waals surface area contributed by atoms with Gasteiger partial charge in [-0.3, -0.25) is 15.1 Å². The summed E-state index contributed by atoms with van der Waals surface area (Å²) in [5.41, 5.74) is 4.11. The smallest absolute Gasteiger partial charge is 0.269 e. The van der Waals surface area contributed by atoms with Crippen LogP contribution in [0.3, 0.4) is 0 Å². The molecule has 0 amide bonds. The van der Waals surface area contributed by atoms with Gasteiger partial charge in [0.1, 0.15) is 6.04 Å². The van der Waals surface area contributed by atoms with E-state index in [2.05, 4.69) is 99.8 Å². The van der Waals surface area contributed by atoms with Crippen LogP contribution in [0.5, 0.6) is 0 Å². The quantitative estimate of drug-likeness (QED) is 0.112. The lowest BCUT2D eigenvalue weighted by molar-refractivity contribution is -0.384. The fourth-order valence-electron chi connectivity index (χ4n) is 5.58. The van der Waals surface area contributed by atoms with Gasteiger partial charge in [-0.1, -0.05) is 48.2 Å². The molecule has 0 spiro atoms. The Hall–Kier alpha value is -4.99. The van der Waals surface area contributed by atoms with Crippen molar-refractivity contribution in [1.29, 1.82) is 0 Å². The maximum absolute atomic E-state index is 11.0. The van der Waals surface area contributed by atoms with E-state index in [-0.39, 0.29) is 22.7 Å². The molecule has 9 heteroatoms. The molecular weight excluding hydrogens is 575 g/mol. The maximum atomic E-state index is 11.0. The van der Waals surface area contributed by atoms with Gasteiger partial charge in [0.05, 0.1) is 16.7 Å². The van der Waals surface area contributed by atoms with Crippen molar-refractivity contribution < 1.29 is 4.92 Å². The van der Waals surface area contributed by atoms with Crippen molar-refractivity contribution in [1.82, 2.24) is 14.9 Å². The first-order valence-electron chi connectivity index (χ1n) is 13.7. The Morgan fingerprint density at radius 1 is 0.791 bits per heavy atom. The van der Waals surface area contributed by atoms with Crippen LogP contribution in [0, 0.1) is 10.1 Å². The van der Waals surface area contributed by atoms with Crippen LogP contribution in [0.2, 0.25) is 0 Å². The summed E-state index contributed by atoms with van der Waals surface area (Å²) in [4.78, 5) is 19.4. The summed E-state index contributed by atoms with van der Waals surface area (Å²) in [7, 11) is 0. The van der Waals surface area contributed by atoms with Crippen molar-refractivity contribution in [2.45, 2.75) is 21.9 Å². The van der Waals surface area contributed by atoms with Gasteiger partial charge in [-0.25, -0.2) is 0 Å². The van der Waals surface area contributed by atoms with Gasteiger partial charge in [-0.2, -0.15) is 0 Å². The first kappa shape index (κ1) is 26.9. The molecule has 2 aromatic heterocycles. The Labute approximate surface area is 258 Å². The summed E-state index contributed by atoms with van der Waals surface area (Å²) < 4.78 is 2.23. The van der Waals surface area contributed by atoms with Gasteiger partial charge in [0.15, 0.2) is 5.11 Å². The molecule has 6 aromatic rings. The Bertz CT molecular complexity index is 1940. The van der Waals surface area contributed by atoms with Gasteiger partial charge in [0, 0.05) is 51.4 Å². The number of non-ortho nitro benzene ring substituents is 1. The number of fused-ring (bicyclic) bond motifs is 1. The first-order chi connectivity index (χ1) is 21.0. The number of nitro benzene ring substituents is 1. The Balaban J connectivity index is 1.25. The lowest BCUT2D eigenvalue weighted by Crippen LogP contribution is -2.30. The molecule has 210 valence electrons. The number of anilines is 1. The molecule has 3 heterocycles. The highest BCUT2D eigenvalue weighted by atomic mass is 32.2. The van der Waals surface area contributed by atoms with Crippen LogP contribution in [0.4, 0.5) is 11.4 Å². The number of benzene rings is 4. The predicted molar refractivity (Wildman–Crippen MR) is 175 cm³/mol. The molecule has 4 aromatic carbocycles.